The summed E-state index contributed by atoms with van der Waals surface area (Å²) in [5.41, 5.74) is 0.897. The summed E-state index contributed by atoms with van der Waals surface area (Å²) in [5, 5.41) is 6.50. The number of hydrogen-bond donors (Lipinski definition) is 0. The van der Waals surface area contributed by atoms with Crippen LogP contribution in [0.25, 0.3) is 0 Å². The fourth-order valence-corrected chi connectivity index (χ4v) is 4.13. The number of nitrogens with zero attached hydrogens (tertiary/aromatic N) is 5. The molecule has 2 aliphatic heterocycles. The molecular formula is C21H33F2N5. The van der Waals surface area contributed by atoms with E-state index in [9.17, 15) is 8.78 Å². The van der Waals surface area contributed by atoms with Gasteiger partial charge in [-0.3, -0.25) is 9.80 Å². The third kappa shape index (κ3) is 5.20. The van der Waals surface area contributed by atoms with Crippen molar-refractivity contribution < 1.29 is 8.78 Å². The van der Waals surface area contributed by atoms with Gasteiger partial charge in [-0.2, -0.15) is 5.10 Å². The van der Waals surface area contributed by atoms with Crippen LogP contribution < -0.4 is 4.90 Å². The van der Waals surface area contributed by atoms with E-state index in [1.54, 1.807) is 17.1 Å². The minimum absolute atomic E-state index is 0.0316. The summed E-state index contributed by atoms with van der Waals surface area (Å²) in [7, 11) is 5.78. The van der Waals surface area contributed by atoms with Crippen molar-refractivity contribution in [2.45, 2.75) is 38.2 Å². The van der Waals surface area contributed by atoms with Crippen LogP contribution in [-0.4, -0.2) is 80.6 Å². The summed E-state index contributed by atoms with van der Waals surface area (Å²) in [4.78, 5) is 7.10. The Morgan fingerprint density at radius 3 is 2.46 bits per heavy atom. The van der Waals surface area contributed by atoms with Crippen molar-refractivity contribution in [2.24, 2.45) is 5.10 Å². The normalized spacial score (nSPS) is 22.1. The monoisotopic (exact) mass is 393 g/mol. The Kier molecular flexibility index (Phi) is 6.55. The second-order valence-corrected chi connectivity index (χ2v) is 8.28. The van der Waals surface area contributed by atoms with E-state index in [0.717, 1.165) is 44.6 Å². The number of hydrogen-bond acceptors (Lipinski definition) is 4. The Morgan fingerprint density at radius 2 is 1.82 bits per heavy atom. The maximum atomic E-state index is 13.5. The van der Waals surface area contributed by atoms with Gasteiger partial charge in [-0.1, -0.05) is 18.6 Å². The van der Waals surface area contributed by atoms with Gasteiger partial charge in [-0.05, 0) is 31.5 Å². The van der Waals surface area contributed by atoms with E-state index in [2.05, 4.69) is 9.80 Å². The largest absolute Gasteiger partial charge is 0.330 e. The molecule has 1 aromatic rings. The Bertz CT molecular complexity index is 668. The highest BCUT2D eigenvalue weighted by Crippen LogP contribution is 2.28. The Balaban J connectivity index is 1.71. The summed E-state index contributed by atoms with van der Waals surface area (Å²) in [6.45, 7) is 6.13. The van der Waals surface area contributed by atoms with E-state index in [1.165, 1.54) is 37.9 Å². The van der Waals surface area contributed by atoms with Gasteiger partial charge < -0.3 is 9.91 Å². The van der Waals surface area contributed by atoms with Crippen molar-refractivity contribution >= 4 is 11.5 Å². The number of halogens is 2. The van der Waals surface area contributed by atoms with Crippen molar-refractivity contribution in [2.75, 3.05) is 58.8 Å². The molecule has 156 valence electrons. The molecule has 0 N–H and O–H groups in total. The van der Waals surface area contributed by atoms with Gasteiger partial charge in [-0.25, -0.2) is 8.78 Å². The zero-order valence-corrected chi connectivity index (χ0v) is 17.5. The van der Waals surface area contributed by atoms with Gasteiger partial charge in [0.05, 0.1) is 6.54 Å². The van der Waals surface area contributed by atoms with E-state index in [1.807, 2.05) is 26.0 Å². The van der Waals surface area contributed by atoms with Gasteiger partial charge in [-0.15, -0.1) is 0 Å². The standard InChI is InChI=1S/C21H33F2N5/c1-21(22,23)17-8-10-18(11-9-17)26(4)20(24-25(2)3)16-27-13-14-28-12-6-5-7-19(28)15-27/h8-11,19H,5-7,12-16H2,1-4H3/b24-20-. The zero-order valence-electron chi connectivity index (χ0n) is 17.5. The number of rotatable bonds is 5. The van der Waals surface area contributed by atoms with E-state index in [4.69, 9.17) is 5.10 Å². The number of benzene rings is 1. The number of fused-ring (bicyclic) bond motifs is 1. The Labute approximate surface area is 167 Å². The number of hydrazone groups is 1. The van der Waals surface area contributed by atoms with Gasteiger partial charge in [0.2, 0.25) is 0 Å². The maximum Gasteiger partial charge on any atom is 0.270 e. The molecule has 0 saturated carbocycles. The van der Waals surface area contributed by atoms with Crippen LogP contribution in [0.5, 0.6) is 0 Å². The first-order valence-corrected chi connectivity index (χ1v) is 10.2. The predicted molar refractivity (Wildman–Crippen MR) is 111 cm³/mol. The molecule has 0 aromatic heterocycles. The van der Waals surface area contributed by atoms with Crippen molar-refractivity contribution in [3.63, 3.8) is 0 Å². The highest BCUT2D eigenvalue weighted by molar-refractivity contribution is 5.98. The van der Waals surface area contributed by atoms with Crippen LogP contribution in [0.1, 0.15) is 31.7 Å². The SMILES string of the molecule is CN(C)/N=C(/CN1CCN2CCCCC2C1)N(C)c1ccc(C(C)(F)F)cc1. The first kappa shape index (κ1) is 21.0. The highest BCUT2D eigenvalue weighted by Gasteiger charge is 2.30. The van der Waals surface area contributed by atoms with Crippen molar-refractivity contribution in [3.8, 4) is 0 Å². The van der Waals surface area contributed by atoms with Gasteiger partial charge in [0, 0.05) is 65.0 Å². The Morgan fingerprint density at radius 1 is 1.11 bits per heavy atom. The van der Waals surface area contributed by atoms with Crippen molar-refractivity contribution in [1.82, 2.24) is 14.8 Å². The van der Waals surface area contributed by atoms with E-state index < -0.39 is 5.92 Å². The molecule has 1 aromatic carbocycles. The number of likely N-dealkylation sites (N-methyl/N-ethyl adjacent to an activating group) is 1. The molecule has 0 aliphatic carbocycles. The van der Waals surface area contributed by atoms with Gasteiger partial charge in [0.15, 0.2) is 0 Å². The molecule has 28 heavy (non-hydrogen) atoms. The molecule has 1 atom stereocenters. The first-order valence-electron chi connectivity index (χ1n) is 10.2. The molecule has 2 fully saturated rings. The lowest BCUT2D eigenvalue weighted by Gasteiger charge is -2.44. The summed E-state index contributed by atoms with van der Waals surface area (Å²) >= 11 is 0. The lowest BCUT2D eigenvalue weighted by Crippen LogP contribution is -2.56. The second-order valence-electron chi connectivity index (χ2n) is 8.28. The van der Waals surface area contributed by atoms with Crippen LogP contribution in [0.2, 0.25) is 0 Å². The molecule has 1 unspecified atom stereocenters. The molecule has 2 saturated heterocycles. The summed E-state index contributed by atoms with van der Waals surface area (Å²) in [6.07, 6.45) is 3.92. The fraction of sp³-hybridized carbons (Fsp3) is 0.667. The van der Waals surface area contributed by atoms with Crippen molar-refractivity contribution in [3.05, 3.63) is 29.8 Å². The number of piperidine rings is 1. The predicted octanol–water partition coefficient (Wildman–Crippen LogP) is 3.28. The number of piperazine rings is 1. The van der Waals surface area contributed by atoms with Crippen LogP contribution in [-0.2, 0) is 5.92 Å². The van der Waals surface area contributed by atoms with Crippen LogP contribution in [0.4, 0.5) is 14.5 Å². The third-order valence-electron chi connectivity index (χ3n) is 5.75. The molecule has 5 nitrogen and oxygen atoms in total. The average molecular weight is 394 g/mol. The number of alkyl halides is 2. The lowest BCUT2D eigenvalue weighted by atomic mass is 9.99. The highest BCUT2D eigenvalue weighted by atomic mass is 19.3. The van der Waals surface area contributed by atoms with E-state index in [-0.39, 0.29) is 5.56 Å². The van der Waals surface area contributed by atoms with Crippen LogP contribution in [0.15, 0.2) is 29.4 Å². The smallest absolute Gasteiger partial charge is 0.270 e. The molecule has 0 radical (unpaired) electrons. The molecule has 0 bridgehead atoms. The Hall–Kier alpha value is -1.73. The maximum absolute atomic E-state index is 13.5. The second kappa shape index (κ2) is 8.74. The number of anilines is 1. The summed E-state index contributed by atoms with van der Waals surface area (Å²) < 4.78 is 27.0. The van der Waals surface area contributed by atoms with Gasteiger partial charge >= 0.3 is 0 Å². The van der Waals surface area contributed by atoms with Gasteiger partial charge in [0.1, 0.15) is 5.84 Å². The molecular weight excluding hydrogens is 360 g/mol. The molecule has 2 heterocycles. The topological polar surface area (TPSA) is 25.3 Å². The zero-order chi connectivity index (χ0) is 20.3. The molecule has 0 amide bonds. The molecule has 2 aliphatic rings. The fourth-order valence-electron chi connectivity index (χ4n) is 4.13. The average Bonchev–Trinajstić information content (AvgIpc) is 2.66. The van der Waals surface area contributed by atoms with Crippen LogP contribution in [0, 0.1) is 0 Å². The minimum Gasteiger partial charge on any atom is -0.330 e. The molecule has 3 rings (SSSR count). The van der Waals surface area contributed by atoms with E-state index in [0.29, 0.717) is 6.04 Å². The minimum atomic E-state index is -2.82. The third-order valence-corrected chi connectivity index (χ3v) is 5.75. The quantitative estimate of drug-likeness (QED) is 0.436. The van der Waals surface area contributed by atoms with Crippen molar-refractivity contribution in [1.29, 1.82) is 0 Å². The number of amidine groups is 1. The van der Waals surface area contributed by atoms with Gasteiger partial charge in [0.25, 0.3) is 5.92 Å². The van der Waals surface area contributed by atoms with Crippen LogP contribution in [0.3, 0.4) is 0 Å². The molecule has 7 heteroatoms. The van der Waals surface area contributed by atoms with E-state index >= 15 is 0 Å². The lowest BCUT2D eigenvalue weighted by molar-refractivity contribution is 0.0175. The van der Waals surface area contributed by atoms with Crippen LogP contribution >= 0.6 is 0 Å². The summed E-state index contributed by atoms with van der Waals surface area (Å²) in [5.74, 6) is -1.90. The molecule has 0 spiro atoms. The summed E-state index contributed by atoms with van der Waals surface area (Å²) in [6, 6.07) is 7.15. The first-order chi connectivity index (χ1) is 13.2.